The Hall–Kier alpha value is -1.42. The predicted octanol–water partition coefficient (Wildman–Crippen LogP) is 2.07. The van der Waals surface area contributed by atoms with Crippen molar-refractivity contribution in [1.82, 2.24) is 0 Å². The second-order valence-electron chi connectivity index (χ2n) is 3.59. The molecule has 0 bridgehead atoms. The molecule has 0 spiro atoms. The fourth-order valence-electron chi connectivity index (χ4n) is 1.58. The Morgan fingerprint density at radius 1 is 0.875 bits per heavy atom. The molecule has 4 heteroatoms. The van der Waals surface area contributed by atoms with Crippen LogP contribution in [0.4, 0.5) is 11.4 Å². The number of rotatable bonds is 1. The van der Waals surface area contributed by atoms with Gasteiger partial charge in [-0.25, -0.2) is 0 Å². The molecule has 0 aliphatic rings. The molecular weight excluding hydrogens is 263 g/mol. The predicted molar refractivity (Wildman–Crippen MR) is 73.8 cm³/mol. The van der Waals surface area contributed by atoms with Crippen molar-refractivity contribution in [1.29, 1.82) is 0 Å². The van der Waals surface area contributed by atoms with Crippen molar-refractivity contribution < 1.29 is 0 Å². The number of halogens is 1. The second kappa shape index (κ2) is 4.22. The van der Waals surface area contributed by atoms with E-state index in [1.807, 2.05) is 30.3 Å². The Bertz CT molecular complexity index is 491. The SMILES string of the molecule is [B]c1cc(N)ccc1-c1ccc(N)cc1Br. The minimum absolute atomic E-state index is 0.658. The average molecular weight is 273 g/mol. The van der Waals surface area contributed by atoms with Crippen LogP contribution in [0.1, 0.15) is 0 Å². The molecule has 4 N–H and O–H groups in total. The van der Waals surface area contributed by atoms with Crippen LogP contribution in [0.3, 0.4) is 0 Å². The number of hydrogen-bond acceptors (Lipinski definition) is 2. The first kappa shape index (κ1) is 11.1. The summed E-state index contributed by atoms with van der Waals surface area (Å²) in [5, 5.41) is 0. The van der Waals surface area contributed by atoms with E-state index >= 15 is 0 Å². The monoisotopic (exact) mass is 272 g/mol. The quantitative estimate of drug-likeness (QED) is 0.617. The van der Waals surface area contributed by atoms with E-state index in [2.05, 4.69) is 15.9 Å². The molecule has 0 amide bonds. The fourth-order valence-corrected chi connectivity index (χ4v) is 2.19. The van der Waals surface area contributed by atoms with E-state index in [0.717, 1.165) is 15.6 Å². The van der Waals surface area contributed by atoms with Crippen LogP contribution in [0.25, 0.3) is 11.1 Å². The number of nitrogens with two attached hydrogens (primary N) is 2. The summed E-state index contributed by atoms with van der Waals surface area (Å²) in [6.07, 6.45) is 0. The van der Waals surface area contributed by atoms with Crippen LogP contribution in [-0.2, 0) is 0 Å². The number of hydrogen-bond donors (Lipinski definition) is 2. The van der Waals surface area contributed by atoms with Crippen molar-refractivity contribution in [2.24, 2.45) is 0 Å². The number of anilines is 2. The molecule has 2 radical (unpaired) electrons. The third-order valence-corrected chi connectivity index (χ3v) is 3.02. The van der Waals surface area contributed by atoms with Gasteiger partial charge in [0.05, 0.1) is 0 Å². The second-order valence-corrected chi connectivity index (χ2v) is 4.44. The lowest BCUT2D eigenvalue weighted by Gasteiger charge is -2.10. The van der Waals surface area contributed by atoms with Crippen molar-refractivity contribution in [3.63, 3.8) is 0 Å². The lowest BCUT2D eigenvalue weighted by atomic mass is 9.87. The van der Waals surface area contributed by atoms with E-state index in [4.69, 9.17) is 19.3 Å². The van der Waals surface area contributed by atoms with Gasteiger partial charge in [0, 0.05) is 15.8 Å². The van der Waals surface area contributed by atoms with Crippen molar-refractivity contribution in [2.45, 2.75) is 0 Å². The summed E-state index contributed by atoms with van der Waals surface area (Å²) in [4.78, 5) is 0. The molecule has 0 unspecified atom stereocenters. The summed E-state index contributed by atoms with van der Waals surface area (Å²) >= 11 is 3.47. The fraction of sp³-hybridized carbons (Fsp3) is 0. The third kappa shape index (κ3) is 2.07. The molecule has 78 valence electrons. The molecule has 0 saturated carbocycles. The lowest BCUT2D eigenvalue weighted by Crippen LogP contribution is -2.08. The molecular formula is C12H10BBrN2. The maximum Gasteiger partial charge on any atom is 0.114 e. The zero-order chi connectivity index (χ0) is 11.7. The van der Waals surface area contributed by atoms with Crippen LogP contribution in [0, 0.1) is 0 Å². The Morgan fingerprint density at radius 2 is 1.44 bits per heavy atom. The molecule has 0 aliphatic carbocycles. The van der Waals surface area contributed by atoms with Gasteiger partial charge in [0.2, 0.25) is 0 Å². The molecule has 0 saturated heterocycles. The van der Waals surface area contributed by atoms with Gasteiger partial charge in [0.1, 0.15) is 7.85 Å². The maximum atomic E-state index is 5.93. The molecule has 2 nitrogen and oxygen atoms in total. The van der Waals surface area contributed by atoms with Crippen LogP contribution < -0.4 is 16.9 Å². The molecule has 2 aromatic rings. The molecule has 0 aromatic heterocycles. The molecule has 2 rings (SSSR count). The molecule has 0 fully saturated rings. The van der Waals surface area contributed by atoms with Gasteiger partial charge >= 0.3 is 0 Å². The van der Waals surface area contributed by atoms with Crippen molar-refractivity contribution in [3.8, 4) is 11.1 Å². The normalized spacial score (nSPS) is 10.3. The summed E-state index contributed by atoms with van der Waals surface area (Å²) < 4.78 is 0.920. The molecule has 0 heterocycles. The summed E-state index contributed by atoms with van der Waals surface area (Å²) in [5.41, 5.74) is 15.3. The van der Waals surface area contributed by atoms with E-state index in [0.29, 0.717) is 16.8 Å². The Balaban J connectivity index is 2.59. The van der Waals surface area contributed by atoms with E-state index in [1.54, 1.807) is 6.07 Å². The average Bonchev–Trinajstić information content (AvgIpc) is 2.19. The van der Waals surface area contributed by atoms with Gasteiger partial charge in [-0.2, -0.15) is 0 Å². The van der Waals surface area contributed by atoms with Crippen molar-refractivity contribution in [2.75, 3.05) is 11.5 Å². The molecule has 0 aliphatic heterocycles. The van der Waals surface area contributed by atoms with E-state index in [9.17, 15) is 0 Å². The largest absolute Gasteiger partial charge is 0.399 e. The summed E-state index contributed by atoms with van der Waals surface area (Å²) in [6.45, 7) is 0. The van der Waals surface area contributed by atoms with Gasteiger partial charge in [0.15, 0.2) is 0 Å². The first-order chi connectivity index (χ1) is 7.58. The van der Waals surface area contributed by atoms with Gasteiger partial charge in [-0.3, -0.25) is 0 Å². The zero-order valence-corrected chi connectivity index (χ0v) is 10.2. The van der Waals surface area contributed by atoms with Crippen molar-refractivity contribution in [3.05, 3.63) is 40.9 Å². The summed E-state index contributed by atoms with van der Waals surface area (Å²) in [7, 11) is 5.93. The van der Waals surface area contributed by atoms with Gasteiger partial charge in [-0.15, -0.1) is 0 Å². The van der Waals surface area contributed by atoms with Crippen LogP contribution in [-0.4, -0.2) is 7.85 Å². The van der Waals surface area contributed by atoms with E-state index in [1.165, 1.54) is 0 Å². The summed E-state index contributed by atoms with van der Waals surface area (Å²) in [6, 6.07) is 11.1. The topological polar surface area (TPSA) is 52.0 Å². The third-order valence-electron chi connectivity index (χ3n) is 2.36. The highest BCUT2D eigenvalue weighted by Crippen LogP contribution is 2.29. The zero-order valence-electron chi connectivity index (χ0n) is 8.57. The van der Waals surface area contributed by atoms with E-state index < -0.39 is 0 Å². The van der Waals surface area contributed by atoms with Crippen LogP contribution in [0.5, 0.6) is 0 Å². The number of benzene rings is 2. The number of nitrogen functional groups attached to an aromatic ring is 2. The van der Waals surface area contributed by atoms with Gasteiger partial charge in [-0.05, 0) is 35.4 Å². The first-order valence-electron chi connectivity index (χ1n) is 4.78. The van der Waals surface area contributed by atoms with Crippen molar-refractivity contribution >= 4 is 40.6 Å². The molecule has 16 heavy (non-hydrogen) atoms. The maximum absolute atomic E-state index is 5.93. The van der Waals surface area contributed by atoms with Gasteiger partial charge in [0.25, 0.3) is 0 Å². The van der Waals surface area contributed by atoms with Gasteiger partial charge in [-0.1, -0.05) is 33.5 Å². The highest BCUT2D eigenvalue weighted by atomic mass is 79.9. The van der Waals surface area contributed by atoms with E-state index in [-0.39, 0.29) is 0 Å². The first-order valence-corrected chi connectivity index (χ1v) is 5.57. The lowest BCUT2D eigenvalue weighted by molar-refractivity contribution is 1.60. The minimum atomic E-state index is 0.658. The minimum Gasteiger partial charge on any atom is -0.399 e. The Morgan fingerprint density at radius 3 is 2.00 bits per heavy atom. The van der Waals surface area contributed by atoms with Gasteiger partial charge < -0.3 is 11.5 Å². The summed E-state index contributed by atoms with van der Waals surface area (Å²) in [5.74, 6) is 0. The molecule has 2 aromatic carbocycles. The highest BCUT2D eigenvalue weighted by Gasteiger charge is 2.06. The standard InChI is InChI=1S/C12H10BBrN2/c13-11-5-7(15)1-3-9(11)10-4-2-8(16)6-12(10)14/h1-6H,15-16H2. The molecule has 0 atom stereocenters. The Labute approximate surface area is 104 Å². The van der Waals surface area contributed by atoms with Crippen LogP contribution in [0.2, 0.25) is 0 Å². The van der Waals surface area contributed by atoms with Crippen LogP contribution in [0.15, 0.2) is 40.9 Å². The highest BCUT2D eigenvalue weighted by molar-refractivity contribution is 9.10. The smallest absolute Gasteiger partial charge is 0.114 e. The Kier molecular flexibility index (Phi) is 2.92. The van der Waals surface area contributed by atoms with Crippen LogP contribution >= 0.6 is 15.9 Å².